The Morgan fingerprint density at radius 2 is 1.61 bits per heavy atom. The second-order valence-electron chi connectivity index (χ2n) is 21.9. The van der Waals surface area contributed by atoms with Crippen molar-refractivity contribution in [3.05, 3.63) is 47.5 Å². The van der Waals surface area contributed by atoms with E-state index in [4.69, 9.17) is 18.9 Å². The van der Waals surface area contributed by atoms with Gasteiger partial charge in [0.2, 0.25) is 0 Å². The zero-order valence-corrected chi connectivity index (χ0v) is 38.5. The Balaban J connectivity index is 1.35. The first-order valence-corrected chi connectivity index (χ1v) is 23.5. The van der Waals surface area contributed by atoms with Crippen LogP contribution in [0.2, 0.25) is 0 Å². The first-order valence-electron chi connectivity index (χ1n) is 22.2. The lowest BCUT2D eigenvalue weighted by molar-refractivity contribution is -0.277. The van der Waals surface area contributed by atoms with Crippen molar-refractivity contribution < 1.29 is 28.0 Å². The summed E-state index contributed by atoms with van der Waals surface area (Å²) >= 11 is 0. The van der Waals surface area contributed by atoms with Crippen LogP contribution in [-0.2, 0) is 41.1 Å². The van der Waals surface area contributed by atoms with Crippen LogP contribution in [0.5, 0.6) is 0 Å². The van der Waals surface area contributed by atoms with Crippen molar-refractivity contribution in [2.45, 2.75) is 158 Å². The molecule has 1 saturated heterocycles. The Hall–Kier alpha value is -1.54. The van der Waals surface area contributed by atoms with Gasteiger partial charge in [-0.05, 0) is 124 Å². The summed E-state index contributed by atoms with van der Waals surface area (Å²) in [4.78, 5) is 14.8. The van der Waals surface area contributed by atoms with E-state index in [1.807, 2.05) is 25.3 Å². The standard InChI is InChI=1S/C49H78O6S/c1-31(2)33(5)45(10)24-25-47(12)37-20-21-40-46(11)29-53-30-49(40,26-39(52-14)42(46)55-34(6)36(32(3)4)28-56(51)44(7,8)9)38(37)22-23-48(47,13)41(45)43(50)54-27-35-18-16-15-17-19-35/h15-19,22,31-34,36-37,39-42H,20-21,23-30H2,1-14H3/t33-,34?,36?,37+,39-,40+,41-,42+,45-,46-,47-,48+,49+,56?/m1/s1. The lowest BCUT2D eigenvalue weighted by Crippen LogP contribution is -2.70. The van der Waals surface area contributed by atoms with E-state index < -0.39 is 10.8 Å². The predicted molar refractivity (Wildman–Crippen MR) is 228 cm³/mol. The molecule has 0 spiro atoms. The zero-order valence-electron chi connectivity index (χ0n) is 37.7. The summed E-state index contributed by atoms with van der Waals surface area (Å²) in [7, 11) is 0.907. The quantitative estimate of drug-likeness (QED) is 0.155. The number of allylic oxidation sites excluding steroid dienone is 1. The van der Waals surface area contributed by atoms with Crippen LogP contribution < -0.4 is 0 Å². The highest BCUT2D eigenvalue weighted by Gasteiger charge is 2.72. The van der Waals surface area contributed by atoms with E-state index in [0.29, 0.717) is 55.2 Å². The molecule has 5 aliphatic rings. The number of fused-ring (bicyclic) bond motifs is 3. The first kappa shape index (κ1) is 44.0. The van der Waals surface area contributed by atoms with Crippen molar-refractivity contribution in [3.8, 4) is 0 Å². The normalized spacial score (nSPS) is 40.4. The molecule has 1 aromatic carbocycles. The Labute approximate surface area is 343 Å². The molecule has 2 bridgehead atoms. The van der Waals surface area contributed by atoms with Gasteiger partial charge in [0.15, 0.2) is 0 Å². The molecule has 56 heavy (non-hydrogen) atoms. The van der Waals surface area contributed by atoms with Crippen LogP contribution in [0.15, 0.2) is 42.0 Å². The first-order chi connectivity index (χ1) is 26.1. The lowest BCUT2D eigenvalue weighted by Gasteiger charge is -2.71. The highest BCUT2D eigenvalue weighted by molar-refractivity contribution is 7.86. The van der Waals surface area contributed by atoms with Gasteiger partial charge in [-0.25, -0.2) is 0 Å². The highest BCUT2D eigenvalue weighted by Crippen LogP contribution is 2.75. The maximum Gasteiger partial charge on any atom is 0.310 e. The van der Waals surface area contributed by atoms with Crippen LogP contribution >= 0.6 is 0 Å². The number of carbonyl (C=O) groups is 1. The number of carbonyl (C=O) groups excluding carboxylic acids is 1. The molecular weight excluding hydrogens is 717 g/mol. The molecule has 0 amide bonds. The number of hydrogen-bond acceptors (Lipinski definition) is 6. The molecule has 1 aromatic rings. The topological polar surface area (TPSA) is 71.1 Å². The molecule has 0 radical (unpaired) electrons. The monoisotopic (exact) mass is 795 g/mol. The van der Waals surface area contributed by atoms with Gasteiger partial charge in [0, 0.05) is 39.2 Å². The van der Waals surface area contributed by atoms with E-state index in [0.717, 1.165) is 44.1 Å². The molecule has 3 unspecified atom stereocenters. The molecule has 316 valence electrons. The third-order valence-electron chi connectivity index (χ3n) is 17.4. The zero-order chi connectivity index (χ0) is 41.2. The third kappa shape index (κ3) is 7.14. The Bertz CT molecular complexity index is 1620. The van der Waals surface area contributed by atoms with Crippen LogP contribution in [-0.4, -0.2) is 59.3 Å². The van der Waals surface area contributed by atoms with E-state index in [2.05, 4.69) is 108 Å². The van der Waals surface area contributed by atoms with Gasteiger partial charge in [-0.3, -0.25) is 9.00 Å². The van der Waals surface area contributed by atoms with Gasteiger partial charge in [-0.15, -0.1) is 0 Å². The Morgan fingerprint density at radius 3 is 2.21 bits per heavy atom. The summed E-state index contributed by atoms with van der Waals surface area (Å²) in [6, 6.07) is 10.1. The smallest absolute Gasteiger partial charge is 0.310 e. The van der Waals surface area contributed by atoms with E-state index in [-0.39, 0.29) is 67.9 Å². The van der Waals surface area contributed by atoms with Crippen molar-refractivity contribution in [2.24, 2.45) is 68.5 Å². The summed E-state index contributed by atoms with van der Waals surface area (Å²) in [6.07, 6.45) is 8.42. The van der Waals surface area contributed by atoms with Gasteiger partial charge in [0.05, 0.1) is 37.4 Å². The summed E-state index contributed by atoms with van der Waals surface area (Å²) in [5.74, 6) is 2.51. The van der Waals surface area contributed by atoms with Gasteiger partial charge in [-0.1, -0.05) is 104 Å². The average Bonchev–Trinajstić information content (AvgIpc) is 3.13. The molecule has 1 heterocycles. The van der Waals surface area contributed by atoms with Gasteiger partial charge in [0.1, 0.15) is 6.61 Å². The molecular formula is C49H78O6S. The van der Waals surface area contributed by atoms with Gasteiger partial charge in [-0.2, -0.15) is 0 Å². The molecule has 4 aliphatic carbocycles. The van der Waals surface area contributed by atoms with E-state index in [9.17, 15) is 9.00 Å². The number of methoxy groups -OCH3 is 1. The van der Waals surface area contributed by atoms with E-state index >= 15 is 0 Å². The SMILES string of the molecule is CO[C@@H]1C[C@@]23COC[C@](C)([C@@H]2CC[C@H]2C3=CC[C@@]3(C)[C@H](C(=O)OCc4ccccc4)[C@@](C)([C@H](C)C(C)C)CC[C@]23C)[C@H]1OC(C)C(CS(=O)C(C)(C)C)C(C)C. The Kier molecular flexibility index (Phi) is 12.4. The Morgan fingerprint density at radius 1 is 0.929 bits per heavy atom. The minimum atomic E-state index is -0.963. The average molecular weight is 795 g/mol. The molecule has 6 nitrogen and oxygen atoms in total. The number of hydrogen-bond donors (Lipinski definition) is 0. The fourth-order valence-corrected chi connectivity index (χ4v) is 14.9. The maximum absolute atomic E-state index is 14.8. The minimum Gasteiger partial charge on any atom is -0.461 e. The van der Waals surface area contributed by atoms with Crippen LogP contribution in [0.1, 0.15) is 134 Å². The largest absolute Gasteiger partial charge is 0.461 e. The number of benzene rings is 1. The second-order valence-corrected chi connectivity index (χ2v) is 24.1. The number of rotatable bonds is 12. The van der Waals surface area contributed by atoms with Crippen molar-refractivity contribution in [1.29, 1.82) is 0 Å². The van der Waals surface area contributed by atoms with Gasteiger partial charge >= 0.3 is 5.97 Å². The summed E-state index contributed by atoms with van der Waals surface area (Å²) in [5, 5.41) is 0. The summed E-state index contributed by atoms with van der Waals surface area (Å²) < 4.78 is 40.1. The molecule has 7 heteroatoms. The van der Waals surface area contributed by atoms with E-state index in [1.54, 1.807) is 5.57 Å². The molecule has 0 N–H and O–H groups in total. The predicted octanol–water partition coefficient (Wildman–Crippen LogP) is 10.8. The van der Waals surface area contributed by atoms with Crippen molar-refractivity contribution in [3.63, 3.8) is 0 Å². The van der Waals surface area contributed by atoms with Gasteiger partial charge < -0.3 is 18.9 Å². The van der Waals surface area contributed by atoms with Crippen LogP contribution in [0.4, 0.5) is 0 Å². The van der Waals surface area contributed by atoms with Crippen molar-refractivity contribution in [1.82, 2.24) is 0 Å². The molecule has 1 aliphatic heterocycles. The minimum absolute atomic E-state index is 0.0215. The van der Waals surface area contributed by atoms with E-state index in [1.165, 1.54) is 0 Å². The number of esters is 1. The van der Waals surface area contributed by atoms with Crippen molar-refractivity contribution >= 4 is 16.8 Å². The molecule has 0 aromatic heterocycles. The molecule has 3 saturated carbocycles. The van der Waals surface area contributed by atoms with Crippen LogP contribution in [0.3, 0.4) is 0 Å². The summed E-state index contributed by atoms with van der Waals surface area (Å²) in [5.41, 5.74) is 1.73. The molecule has 6 rings (SSSR count). The molecule has 4 fully saturated rings. The number of ether oxygens (including phenoxy) is 4. The van der Waals surface area contributed by atoms with Crippen molar-refractivity contribution in [2.75, 3.05) is 26.1 Å². The maximum atomic E-state index is 14.8. The third-order valence-corrected chi connectivity index (χ3v) is 19.5. The van der Waals surface area contributed by atoms with Gasteiger partial charge in [0.25, 0.3) is 0 Å². The fourth-order valence-electron chi connectivity index (χ4n) is 13.4. The molecule has 14 atom stereocenters. The van der Waals surface area contributed by atoms with Crippen LogP contribution in [0, 0.1) is 68.5 Å². The lowest BCUT2D eigenvalue weighted by atomic mass is 9.34. The second kappa shape index (κ2) is 15.8. The summed E-state index contributed by atoms with van der Waals surface area (Å²) in [6.45, 7) is 31.4. The van der Waals surface area contributed by atoms with Crippen LogP contribution in [0.25, 0.3) is 0 Å². The fraction of sp³-hybridized carbons (Fsp3) is 0.816. The highest BCUT2D eigenvalue weighted by atomic mass is 32.2.